The van der Waals surface area contributed by atoms with Gasteiger partial charge >= 0.3 is 20.8 Å². The number of rotatable bonds is 4. The van der Waals surface area contributed by atoms with E-state index < -0.39 is 33.0 Å². The lowest BCUT2D eigenvalue weighted by atomic mass is 9.95. The summed E-state index contributed by atoms with van der Waals surface area (Å²) < 4.78 is 66.9. The maximum absolute atomic E-state index is 10.4. The molecule has 0 amide bonds. The van der Waals surface area contributed by atoms with Gasteiger partial charge < -0.3 is 0 Å². The van der Waals surface area contributed by atoms with Gasteiger partial charge in [-0.3, -0.25) is 9.11 Å². The van der Waals surface area contributed by atoms with Crippen LogP contribution in [0.1, 0.15) is 25.7 Å². The molecule has 0 aromatic rings. The van der Waals surface area contributed by atoms with E-state index in [0.717, 1.165) is 0 Å². The van der Waals surface area contributed by atoms with Gasteiger partial charge in [-0.2, -0.15) is 16.8 Å². The summed E-state index contributed by atoms with van der Waals surface area (Å²) in [6.45, 7) is 0. The smallest absolute Gasteiger partial charge is 0.264 e. The summed E-state index contributed by atoms with van der Waals surface area (Å²) in [4.78, 5) is 0. The fourth-order valence-electron chi connectivity index (χ4n) is 1.57. The molecule has 0 unspecified atom stereocenters. The molecule has 1 fully saturated rings. The Kier molecular flexibility index (Phi) is 4.26. The largest absolute Gasteiger partial charge is 0.397 e. The second-order valence-electron chi connectivity index (χ2n) is 3.45. The van der Waals surface area contributed by atoms with Crippen LogP contribution in [-0.4, -0.2) is 38.1 Å². The zero-order valence-corrected chi connectivity index (χ0v) is 9.78. The van der Waals surface area contributed by atoms with Crippen LogP contribution in [0, 0.1) is 0 Å². The molecule has 0 aliphatic heterocycles. The van der Waals surface area contributed by atoms with Gasteiger partial charge in [-0.15, -0.1) is 0 Å². The molecular weight excluding hydrogens is 264 g/mol. The standard InChI is InChI=1S/C6H12O8S2/c7-15(8,9)13-5-1-2-6(4-3-5)14-16(10,11)12/h5-6H,1-4H2,(H,7,8,9)(H,10,11,12). The molecule has 1 saturated carbocycles. The van der Waals surface area contributed by atoms with Gasteiger partial charge in [0.05, 0.1) is 12.2 Å². The summed E-state index contributed by atoms with van der Waals surface area (Å²) in [6.07, 6.45) is -0.479. The van der Waals surface area contributed by atoms with E-state index in [1.165, 1.54) is 0 Å². The Balaban J connectivity index is 2.40. The van der Waals surface area contributed by atoms with Crippen LogP contribution in [0.2, 0.25) is 0 Å². The fourth-order valence-corrected chi connectivity index (χ4v) is 2.64. The molecule has 0 radical (unpaired) electrons. The molecule has 2 N–H and O–H groups in total. The zero-order chi connectivity index (χ0) is 12.4. The quantitative estimate of drug-likeness (QED) is 0.683. The van der Waals surface area contributed by atoms with Crippen molar-refractivity contribution < 1.29 is 34.3 Å². The second kappa shape index (κ2) is 4.94. The predicted octanol–water partition coefficient (Wildman–Crippen LogP) is -0.0636. The molecule has 1 rings (SSSR count). The summed E-state index contributed by atoms with van der Waals surface area (Å²) in [5.41, 5.74) is 0. The lowest BCUT2D eigenvalue weighted by Gasteiger charge is -2.25. The van der Waals surface area contributed by atoms with Crippen LogP contribution in [0.3, 0.4) is 0 Å². The Morgan fingerprint density at radius 2 is 1.00 bits per heavy atom. The molecule has 1 aliphatic carbocycles. The van der Waals surface area contributed by atoms with Crippen molar-refractivity contribution in [1.82, 2.24) is 0 Å². The van der Waals surface area contributed by atoms with Crippen molar-refractivity contribution in [3.63, 3.8) is 0 Å². The molecule has 0 saturated heterocycles. The van der Waals surface area contributed by atoms with E-state index in [4.69, 9.17) is 9.11 Å². The van der Waals surface area contributed by atoms with Crippen LogP contribution in [0.15, 0.2) is 0 Å². The van der Waals surface area contributed by atoms with Crippen molar-refractivity contribution in [2.45, 2.75) is 37.9 Å². The Morgan fingerprint density at radius 3 is 1.19 bits per heavy atom. The van der Waals surface area contributed by atoms with Gasteiger partial charge in [0.15, 0.2) is 0 Å². The minimum absolute atomic E-state index is 0.222. The molecule has 0 atom stereocenters. The first-order valence-corrected chi connectivity index (χ1v) is 7.20. The van der Waals surface area contributed by atoms with Crippen LogP contribution < -0.4 is 0 Å². The Morgan fingerprint density at radius 1 is 0.750 bits per heavy atom. The third-order valence-electron chi connectivity index (χ3n) is 2.14. The second-order valence-corrected chi connectivity index (χ2v) is 5.54. The van der Waals surface area contributed by atoms with Crippen LogP contribution in [0.25, 0.3) is 0 Å². The van der Waals surface area contributed by atoms with Gasteiger partial charge in [-0.05, 0) is 25.7 Å². The van der Waals surface area contributed by atoms with Crippen molar-refractivity contribution in [2.75, 3.05) is 0 Å². The molecule has 96 valence electrons. The van der Waals surface area contributed by atoms with E-state index in [-0.39, 0.29) is 25.7 Å². The van der Waals surface area contributed by atoms with Gasteiger partial charge in [0.25, 0.3) is 0 Å². The molecule has 0 aromatic heterocycles. The molecule has 10 heteroatoms. The minimum Gasteiger partial charge on any atom is -0.264 e. The average Bonchev–Trinajstić information content (AvgIpc) is 2.03. The van der Waals surface area contributed by atoms with Gasteiger partial charge in [0.2, 0.25) is 0 Å². The maximum Gasteiger partial charge on any atom is 0.397 e. The first kappa shape index (κ1) is 13.8. The summed E-state index contributed by atoms with van der Waals surface area (Å²) in [7, 11) is -8.97. The highest BCUT2D eigenvalue weighted by atomic mass is 32.3. The van der Waals surface area contributed by atoms with Gasteiger partial charge in [0.1, 0.15) is 0 Å². The monoisotopic (exact) mass is 276 g/mol. The number of hydrogen-bond donors (Lipinski definition) is 2. The Bertz CT molecular complexity index is 373. The predicted molar refractivity (Wildman–Crippen MR) is 51.3 cm³/mol. The summed E-state index contributed by atoms with van der Waals surface area (Å²) >= 11 is 0. The third kappa shape index (κ3) is 5.72. The molecule has 8 nitrogen and oxygen atoms in total. The topological polar surface area (TPSA) is 127 Å². The number of hydrogen-bond acceptors (Lipinski definition) is 6. The van der Waals surface area contributed by atoms with Crippen molar-refractivity contribution in [2.24, 2.45) is 0 Å². The van der Waals surface area contributed by atoms with Crippen LogP contribution in [0.4, 0.5) is 0 Å². The van der Waals surface area contributed by atoms with E-state index >= 15 is 0 Å². The van der Waals surface area contributed by atoms with Crippen LogP contribution in [0.5, 0.6) is 0 Å². The average molecular weight is 276 g/mol. The van der Waals surface area contributed by atoms with E-state index in [9.17, 15) is 16.8 Å². The summed E-state index contributed by atoms with van der Waals surface area (Å²) in [5.74, 6) is 0. The Hall–Kier alpha value is -0.260. The summed E-state index contributed by atoms with van der Waals surface area (Å²) in [5, 5.41) is 0. The van der Waals surface area contributed by atoms with E-state index in [1.807, 2.05) is 0 Å². The minimum atomic E-state index is -4.48. The van der Waals surface area contributed by atoms with E-state index in [2.05, 4.69) is 8.37 Å². The van der Waals surface area contributed by atoms with E-state index in [1.54, 1.807) is 0 Å². The molecular formula is C6H12O8S2. The maximum atomic E-state index is 10.4. The molecule has 0 spiro atoms. The van der Waals surface area contributed by atoms with Crippen molar-refractivity contribution in [3.05, 3.63) is 0 Å². The first-order chi connectivity index (χ1) is 7.16. The summed E-state index contributed by atoms with van der Waals surface area (Å²) in [6, 6.07) is 0. The van der Waals surface area contributed by atoms with Crippen molar-refractivity contribution in [3.8, 4) is 0 Å². The molecule has 0 aromatic carbocycles. The van der Waals surface area contributed by atoms with E-state index in [0.29, 0.717) is 0 Å². The highest BCUT2D eigenvalue weighted by Gasteiger charge is 2.28. The van der Waals surface area contributed by atoms with Crippen LogP contribution >= 0.6 is 0 Å². The lowest BCUT2D eigenvalue weighted by molar-refractivity contribution is 0.0730. The third-order valence-corrected chi connectivity index (χ3v) is 3.17. The molecule has 0 bridgehead atoms. The highest BCUT2D eigenvalue weighted by molar-refractivity contribution is 7.81. The van der Waals surface area contributed by atoms with Crippen molar-refractivity contribution >= 4 is 20.8 Å². The zero-order valence-electron chi connectivity index (χ0n) is 8.14. The molecule has 1 aliphatic rings. The van der Waals surface area contributed by atoms with Gasteiger partial charge in [-0.1, -0.05) is 0 Å². The molecule has 0 heterocycles. The highest BCUT2D eigenvalue weighted by Crippen LogP contribution is 2.25. The lowest BCUT2D eigenvalue weighted by Crippen LogP contribution is -2.29. The fraction of sp³-hybridized carbons (Fsp3) is 1.00. The van der Waals surface area contributed by atoms with Crippen molar-refractivity contribution in [1.29, 1.82) is 0 Å². The molecule has 16 heavy (non-hydrogen) atoms. The van der Waals surface area contributed by atoms with Crippen LogP contribution in [-0.2, 0) is 29.2 Å². The van der Waals surface area contributed by atoms with Gasteiger partial charge in [-0.25, -0.2) is 8.37 Å². The normalized spacial score (nSPS) is 27.9. The Labute approximate surface area is 93.5 Å². The first-order valence-electron chi connectivity index (χ1n) is 4.47. The SMILES string of the molecule is O=S(=O)(O)OC1CCC(OS(=O)(=O)O)CC1. The van der Waals surface area contributed by atoms with Gasteiger partial charge in [0, 0.05) is 0 Å².